The maximum absolute atomic E-state index is 5.20. The van der Waals surface area contributed by atoms with E-state index in [4.69, 9.17) is 5.84 Å². The maximum Gasteiger partial charge on any atom is 0.0514 e. The average Bonchev–Trinajstić information content (AvgIpc) is 1.89. The molecule has 3 heteroatoms. The minimum atomic E-state index is 0. The summed E-state index contributed by atoms with van der Waals surface area (Å²) in [5, 5.41) is 0. The highest BCUT2D eigenvalue weighted by Crippen LogP contribution is 2.10. The van der Waals surface area contributed by atoms with E-state index in [1.54, 1.807) is 0 Å². The summed E-state index contributed by atoms with van der Waals surface area (Å²) in [7, 11) is 0. The number of hydrogen-bond donors (Lipinski definition) is 2. The average molecular weight is 159 g/mol. The summed E-state index contributed by atoms with van der Waals surface area (Å²) >= 11 is 0. The van der Waals surface area contributed by atoms with Crippen molar-refractivity contribution in [3.05, 3.63) is 29.8 Å². The van der Waals surface area contributed by atoms with E-state index in [0.29, 0.717) is 0 Å². The Bertz CT molecular complexity index is 201. The molecule has 1 aromatic carbocycles. The Hall–Kier alpha value is -0.730. The van der Waals surface area contributed by atoms with Crippen LogP contribution in [-0.4, -0.2) is 0 Å². The van der Waals surface area contributed by atoms with E-state index < -0.39 is 0 Å². The van der Waals surface area contributed by atoms with Crippen LogP contribution in [0.15, 0.2) is 24.3 Å². The number of nitrogens with two attached hydrogens (primary N) is 1. The molecule has 0 aliphatic carbocycles. The third-order valence-corrected chi connectivity index (χ3v) is 1.30. The lowest BCUT2D eigenvalue weighted by molar-refractivity contribution is 1.31. The van der Waals surface area contributed by atoms with Gasteiger partial charge in [0.15, 0.2) is 0 Å². The summed E-state index contributed by atoms with van der Waals surface area (Å²) in [5.41, 5.74) is 4.75. The number of aryl methyl sites for hydroxylation is 1. The number of halogens is 1. The van der Waals surface area contributed by atoms with Gasteiger partial charge in [-0.15, -0.1) is 12.4 Å². The van der Waals surface area contributed by atoms with Gasteiger partial charge in [-0.3, -0.25) is 5.84 Å². The zero-order valence-electron chi connectivity index (χ0n) is 5.79. The quantitative estimate of drug-likeness (QED) is 0.482. The number of nitrogens with one attached hydrogen (secondary N) is 1. The van der Waals surface area contributed by atoms with Crippen LogP contribution < -0.4 is 11.3 Å². The molecule has 0 saturated carbocycles. The molecule has 0 spiro atoms. The van der Waals surface area contributed by atoms with Crippen molar-refractivity contribution >= 4 is 18.1 Å². The van der Waals surface area contributed by atoms with Gasteiger partial charge in [-0.25, -0.2) is 0 Å². The molecule has 56 valence electrons. The topological polar surface area (TPSA) is 38.0 Å². The van der Waals surface area contributed by atoms with Gasteiger partial charge in [0.25, 0.3) is 0 Å². The number of hydrogen-bond acceptors (Lipinski definition) is 2. The van der Waals surface area contributed by atoms with Crippen LogP contribution in [0.5, 0.6) is 0 Å². The van der Waals surface area contributed by atoms with Gasteiger partial charge >= 0.3 is 0 Å². The molecule has 0 aliphatic heterocycles. The predicted molar refractivity (Wildman–Crippen MR) is 46.2 cm³/mol. The third-order valence-electron chi connectivity index (χ3n) is 1.30. The molecule has 0 radical (unpaired) electrons. The number of para-hydroxylation sites is 1. The van der Waals surface area contributed by atoms with Gasteiger partial charge in [0.1, 0.15) is 0 Å². The van der Waals surface area contributed by atoms with E-state index >= 15 is 0 Å². The van der Waals surface area contributed by atoms with Crippen molar-refractivity contribution in [2.24, 2.45) is 5.84 Å². The van der Waals surface area contributed by atoms with E-state index in [-0.39, 0.29) is 12.4 Å². The minimum absolute atomic E-state index is 0. The first-order valence-corrected chi connectivity index (χ1v) is 2.87. The monoisotopic (exact) mass is 158 g/mol. The maximum atomic E-state index is 5.20. The Balaban J connectivity index is 0.000000810. The Labute approximate surface area is 66.8 Å². The fraction of sp³-hybridized carbons (Fsp3) is 0.143. The molecule has 1 rings (SSSR count). The lowest BCUT2D eigenvalue weighted by Gasteiger charge is -2.01. The van der Waals surface area contributed by atoms with Crippen LogP contribution in [0.4, 0.5) is 5.69 Å². The molecule has 0 atom stereocenters. The van der Waals surface area contributed by atoms with Crippen molar-refractivity contribution in [1.29, 1.82) is 0 Å². The largest absolute Gasteiger partial charge is 0.324 e. The number of rotatable bonds is 1. The first kappa shape index (κ1) is 9.27. The smallest absolute Gasteiger partial charge is 0.0514 e. The molecule has 0 unspecified atom stereocenters. The first-order valence-electron chi connectivity index (χ1n) is 2.87. The van der Waals surface area contributed by atoms with Crippen LogP contribution in [0, 0.1) is 6.92 Å². The standard InChI is InChI=1S/C7H10N2.ClH/c1-6-4-2-3-5-7(6)9-8;/h2-5,9H,8H2,1H3;1H. The van der Waals surface area contributed by atoms with Gasteiger partial charge < -0.3 is 5.43 Å². The highest BCUT2D eigenvalue weighted by molar-refractivity contribution is 5.85. The lowest BCUT2D eigenvalue weighted by atomic mass is 10.2. The third kappa shape index (κ3) is 1.90. The highest BCUT2D eigenvalue weighted by atomic mass is 35.5. The lowest BCUT2D eigenvalue weighted by Crippen LogP contribution is -2.07. The molecular weight excluding hydrogens is 148 g/mol. The van der Waals surface area contributed by atoms with E-state index in [0.717, 1.165) is 5.69 Å². The van der Waals surface area contributed by atoms with Crippen LogP contribution in [0.25, 0.3) is 0 Å². The predicted octanol–water partition coefficient (Wildman–Crippen LogP) is 1.70. The van der Waals surface area contributed by atoms with Crippen LogP contribution in [0.1, 0.15) is 5.56 Å². The van der Waals surface area contributed by atoms with E-state index in [9.17, 15) is 0 Å². The molecule has 2 nitrogen and oxygen atoms in total. The Morgan fingerprint density at radius 2 is 1.90 bits per heavy atom. The second kappa shape index (κ2) is 4.14. The van der Waals surface area contributed by atoms with E-state index in [1.807, 2.05) is 31.2 Å². The molecule has 0 aliphatic rings. The van der Waals surface area contributed by atoms with Gasteiger partial charge in [0.05, 0.1) is 5.69 Å². The molecule has 0 aromatic heterocycles. The van der Waals surface area contributed by atoms with Gasteiger partial charge in [0.2, 0.25) is 0 Å². The normalized spacial score (nSPS) is 8.20. The molecule has 0 saturated heterocycles. The van der Waals surface area contributed by atoms with Crippen LogP contribution in [-0.2, 0) is 0 Å². The number of anilines is 1. The van der Waals surface area contributed by atoms with Gasteiger partial charge in [0, 0.05) is 0 Å². The van der Waals surface area contributed by atoms with Crippen LogP contribution >= 0.6 is 12.4 Å². The number of benzene rings is 1. The van der Waals surface area contributed by atoms with Crippen molar-refractivity contribution in [1.82, 2.24) is 0 Å². The van der Waals surface area contributed by atoms with Gasteiger partial charge in [-0.05, 0) is 18.6 Å². The Kier molecular flexibility index (Phi) is 3.84. The van der Waals surface area contributed by atoms with Crippen molar-refractivity contribution in [3.63, 3.8) is 0 Å². The summed E-state index contributed by atoms with van der Waals surface area (Å²) in [6, 6.07) is 7.88. The minimum Gasteiger partial charge on any atom is -0.324 e. The first-order chi connectivity index (χ1) is 4.34. The van der Waals surface area contributed by atoms with Crippen molar-refractivity contribution in [2.75, 3.05) is 5.43 Å². The van der Waals surface area contributed by atoms with Crippen LogP contribution in [0.2, 0.25) is 0 Å². The van der Waals surface area contributed by atoms with E-state index in [1.165, 1.54) is 5.56 Å². The zero-order chi connectivity index (χ0) is 6.69. The van der Waals surface area contributed by atoms with Crippen molar-refractivity contribution in [2.45, 2.75) is 6.92 Å². The zero-order valence-corrected chi connectivity index (χ0v) is 6.61. The van der Waals surface area contributed by atoms with Crippen LogP contribution in [0.3, 0.4) is 0 Å². The molecule has 0 bridgehead atoms. The van der Waals surface area contributed by atoms with Gasteiger partial charge in [-0.1, -0.05) is 18.2 Å². The van der Waals surface area contributed by atoms with Crippen molar-refractivity contribution < 1.29 is 0 Å². The summed E-state index contributed by atoms with van der Waals surface area (Å²) < 4.78 is 0. The molecule has 0 amide bonds. The van der Waals surface area contributed by atoms with Gasteiger partial charge in [-0.2, -0.15) is 0 Å². The SMILES string of the molecule is Cc1ccccc1NN.Cl. The Morgan fingerprint density at radius 3 is 2.30 bits per heavy atom. The molecule has 1 aromatic rings. The molecule has 0 heterocycles. The van der Waals surface area contributed by atoms with Crippen molar-refractivity contribution in [3.8, 4) is 0 Å². The molecule has 3 N–H and O–H groups in total. The highest BCUT2D eigenvalue weighted by Gasteiger charge is 1.88. The second-order valence-electron chi connectivity index (χ2n) is 1.96. The molecule has 10 heavy (non-hydrogen) atoms. The fourth-order valence-electron chi connectivity index (χ4n) is 0.735. The molecular formula is C7H11ClN2. The summed E-state index contributed by atoms with van der Waals surface area (Å²) in [4.78, 5) is 0. The molecule has 0 fully saturated rings. The number of hydrazine groups is 1. The Morgan fingerprint density at radius 1 is 1.30 bits per heavy atom. The summed E-state index contributed by atoms with van der Waals surface area (Å²) in [6.07, 6.45) is 0. The number of nitrogen functional groups attached to an aromatic ring is 1. The summed E-state index contributed by atoms with van der Waals surface area (Å²) in [5.74, 6) is 5.20. The fourth-order valence-corrected chi connectivity index (χ4v) is 0.735. The summed E-state index contributed by atoms with van der Waals surface area (Å²) in [6.45, 7) is 2.01. The van der Waals surface area contributed by atoms with E-state index in [2.05, 4.69) is 5.43 Å². The second-order valence-corrected chi connectivity index (χ2v) is 1.96.